The van der Waals surface area contributed by atoms with Crippen molar-refractivity contribution < 1.29 is 9.53 Å². The van der Waals surface area contributed by atoms with E-state index in [1.54, 1.807) is 24.1 Å². The van der Waals surface area contributed by atoms with Gasteiger partial charge >= 0.3 is 0 Å². The van der Waals surface area contributed by atoms with Crippen LogP contribution in [0, 0.1) is 6.92 Å². The molecule has 1 amide bonds. The molecule has 6 nitrogen and oxygen atoms in total. The maximum Gasteiger partial charge on any atom is 0.274 e. The zero-order valence-corrected chi connectivity index (χ0v) is 14.8. The number of aryl methyl sites for hydroxylation is 1. The predicted molar refractivity (Wildman–Crippen MR) is 95.5 cm³/mol. The smallest absolute Gasteiger partial charge is 0.274 e. The second-order valence-electron chi connectivity index (χ2n) is 5.72. The number of rotatable bonds is 3. The van der Waals surface area contributed by atoms with Crippen LogP contribution in [0.2, 0.25) is 0 Å². The molecule has 1 aliphatic heterocycles. The summed E-state index contributed by atoms with van der Waals surface area (Å²) < 4.78 is 7.10. The minimum Gasteiger partial charge on any atom is -0.494 e. The van der Waals surface area contributed by atoms with E-state index in [2.05, 4.69) is 10.4 Å². The van der Waals surface area contributed by atoms with Crippen LogP contribution in [0.25, 0.3) is 5.69 Å². The second-order valence-corrected chi connectivity index (χ2v) is 5.72. The van der Waals surface area contributed by atoms with E-state index in [4.69, 9.17) is 4.74 Å². The number of ether oxygens (including phenoxy) is 1. The van der Waals surface area contributed by atoms with Crippen molar-refractivity contribution in [3.05, 3.63) is 41.7 Å². The monoisotopic (exact) mass is 350 g/mol. The second kappa shape index (κ2) is 8.17. The van der Waals surface area contributed by atoms with E-state index in [1.165, 1.54) is 0 Å². The van der Waals surface area contributed by atoms with Crippen molar-refractivity contribution in [2.24, 2.45) is 0 Å². The number of halogens is 1. The highest BCUT2D eigenvalue weighted by atomic mass is 35.5. The molecule has 0 spiro atoms. The van der Waals surface area contributed by atoms with Crippen molar-refractivity contribution >= 4 is 18.3 Å². The Hall–Kier alpha value is -2.05. The third-order valence-corrected chi connectivity index (χ3v) is 4.02. The summed E-state index contributed by atoms with van der Waals surface area (Å²) >= 11 is 0. The molecular formula is C17H23ClN4O2. The lowest BCUT2D eigenvalue weighted by Crippen LogP contribution is -2.34. The van der Waals surface area contributed by atoms with Gasteiger partial charge in [0.25, 0.3) is 5.91 Å². The summed E-state index contributed by atoms with van der Waals surface area (Å²) in [6.07, 6.45) is 2.78. The number of aromatic nitrogens is 2. The van der Waals surface area contributed by atoms with Gasteiger partial charge in [0.1, 0.15) is 11.4 Å². The zero-order chi connectivity index (χ0) is 16.2. The van der Waals surface area contributed by atoms with Gasteiger partial charge in [-0.25, -0.2) is 4.68 Å². The number of nitrogens with zero attached hydrogens (tertiary/aromatic N) is 3. The van der Waals surface area contributed by atoms with E-state index in [-0.39, 0.29) is 18.3 Å². The number of hydrogen-bond acceptors (Lipinski definition) is 4. The number of nitrogens with one attached hydrogen (secondary N) is 1. The van der Waals surface area contributed by atoms with Crippen LogP contribution in [0.3, 0.4) is 0 Å². The van der Waals surface area contributed by atoms with Crippen LogP contribution in [-0.4, -0.2) is 53.9 Å². The fraction of sp³-hybridized carbons (Fsp3) is 0.412. The maximum atomic E-state index is 12.6. The Kier molecular flexibility index (Phi) is 6.23. The van der Waals surface area contributed by atoms with E-state index in [0.29, 0.717) is 5.69 Å². The normalized spacial score (nSPS) is 14.7. The van der Waals surface area contributed by atoms with E-state index >= 15 is 0 Å². The molecule has 3 rings (SSSR count). The highest BCUT2D eigenvalue weighted by molar-refractivity contribution is 5.92. The van der Waals surface area contributed by atoms with Crippen molar-refractivity contribution in [1.82, 2.24) is 20.0 Å². The Morgan fingerprint density at radius 3 is 2.88 bits per heavy atom. The van der Waals surface area contributed by atoms with Gasteiger partial charge in [0, 0.05) is 25.8 Å². The molecule has 0 aliphatic carbocycles. The molecular weight excluding hydrogens is 328 g/mol. The lowest BCUT2D eigenvalue weighted by atomic mass is 10.2. The third-order valence-electron chi connectivity index (χ3n) is 4.02. The van der Waals surface area contributed by atoms with Gasteiger partial charge in [-0.05, 0) is 43.7 Å². The fourth-order valence-corrected chi connectivity index (χ4v) is 2.76. The molecule has 1 aromatic carbocycles. The first kappa shape index (κ1) is 18.3. The van der Waals surface area contributed by atoms with E-state index < -0.39 is 0 Å². The average Bonchev–Trinajstić information content (AvgIpc) is 2.89. The molecule has 0 unspecified atom stereocenters. The van der Waals surface area contributed by atoms with Gasteiger partial charge in [0.15, 0.2) is 5.69 Å². The summed E-state index contributed by atoms with van der Waals surface area (Å²) in [6.45, 7) is 5.30. The molecule has 2 aromatic rings. The quantitative estimate of drug-likeness (QED) is 0.920. The van der Waals surface area contributed by atoms with E-state index in [1.807, 2.05) is 30.0 Å². The summed E-state index contributed by atoms with van der Waals surface area (Å²) in [5, 5.41) is 7.76. The number of carbonyl (C=O) groups is 1. The number of carbonyl (C=O) groups excluding carboxylic acids is 1. The highest BCUT2D eigenvalue weighted by Gasteiger charge is 2.20. The summed E-state index contributed by atoms with van der Waals surface area (Å²) in [5.74, 6) is 0.718. The predicted octanol–water partition coefficient (Wildman–Crippen LogP) is 2.05. The molecule has 0 radical (unpaired) electrons. The number of hydrogen-bond donors (Lipinski definition) is 1. The lowest BCUT2D eigenvalue weighted by molar-refractivity contribution is 0.0760. The molecule has 7 heteroatoms. The third kappa shape index (κ3) is 3.88. The average molecular weight is 351 g/mol. The molecule has 24 heavy (non-hydrogen) atoms. The van der Waals surface area contributed by atoms with Gasteiger partial charge in [-0.2, -0.15) is 5.10 Å². The summed E-state index contributed by atoms with van der Waals surface area (Å²) in [5.41, 5.74) is 2.42. The highest BCUT2D eigenvalue weighted by Crippen LogP contribution is 2.23. The lowest BCUT2D eigenvalue weighted by Gasteiger charge is -2.18. The molecule has 1 aliphatic rings. The van der Waals surface area contributed by atoms with Gasteiger partial charge < -0.3 is 15.0 Å². The molecule has 0 bridgehead atoms. The first-order chi connectivity index (χ1) is 11.2. The van der Waals surface area contributed by atoms with Crippen molar-refractivity contribution in [3.8, 4) is 11.4 Å². The van der Waals surface area contributed by atoms with Crippen LogP contribution in [0.15, 0.2) is 30.5 Å². The molecule has 1 saturated heterocycles. The van der Waals surface area contributed by atoms with Crippen molar-refractivity contribution in [2.75, 3.05) is 33.3 Å². The van der Waals surface area contributed by atoms with Crippen LogP contribution < -0.4 is 10.1 Å². The maximum absolute atomic E-state index is 12.6. The van der Waals surface area contributed by atoms with Gasteiger partial charge in [0.2, 0.25) is 0 Å². The van der Waals surface area contributed by atoms with Crippen molar-refractivity contribution in [1.29, 1.82) is 0 Å². The molecule has 1 N–H and O–H groups in total. The Bertz CT molecular complexity index is 694. The van der Waals surface area contributed by atoms with Crippen LogP contribution >= 0.6 is 12.4 Å². The molecule has 1 aromatic heterocycles. The summed E-state index contributed by atoms with van der Waals surface area (Å²) in [7, 11) is 1.63. The molecule has 1 fully saturated rings. The van der Waals surface area contributed by atoms with Gasteiger partial charge in [-0.15, -0.1) is 12.4 Å². The minimum absolute atomic E-state index is 0. The molecule has 0 saturated carbocycles. The van der Waals surface area contributed by atoms with E-state index in [9.17, 15) is 4.79 Å². The number of benzene rings is 1. The van der Waals surface area contributed by atoms with Gasteiger partial charge in [-0.3, -0.25) is 4.79 Å². The largest absolute Gasteiger partial charge is 0.494 e. The SMILES string of the molecule is COc1ccc(C)cc1-n1ccc(C(=O)N2CCCNCC2)n1.Cl. The Morgan fingerprint density at radius 1 is 1.25 bits per heavy atom. The summed E-state index contributed by atoms with van der Waals surface area (Å²) in [6, 6.07) is 7.66. The fourth-order valence-electron chi connectivity index (χ4n) is 2.76. The Morgan fingerprint density at radius 2 is 2.08 bits per heavy atom. The first-order valence-electron chi connectivity index (χ1n) is 7.90. The molecule has 0 atom stereocenters. The Labute approximate surface area is 148 Å². The first-order valence-corrected chi connectivity index (χ1v) is 7.90. The molecule has 2 heterocycles. The van der Waals surface area contributed by atoms with Crippen molar-refractivity contribution in [2.45, 2.75) is 13.3 Å². The zero-order valence-electron chi connectivity index (χ0n) is 14.0. The van der Waals surface area contributed by atoms with Gasteiger partial charge in [-0.1, -0.05) is 6.07 Å². The standard InChI is InChI=1S/C17H22N4O2.ClH/c1-13-4-5-16(23-2)15(12-13)21-10-6-14(19-21)17(22)20-9-3-7-18-8-11-20;/h4-6,10,12,18H,3,7-9,11H2,1-2H3;1H. The number of amides is 1. The van der Waals surface area contributed by atoms with Crippen LogP contribution in [0.4, 0.5) is 0 Å². The molecule has 130 valence electrons. The number of methoxy groups -OCH3 is 1. The Balaban J connectivity index is 0.00000208. The van der Waals surface area contributed by atoms with Gasteiger partial charge in [0.05, 0.1) is 7.11 Å². The van der Waals surface area contributed by atoms with Crippen LogP contribution in [0.5, 0.6) is 5.75 Å². The van der Waals surface area contributed by atoms with Crippen LogP contribution in [0.1, 0.15) is 22.5 Å². The van der Waals surface area contributed by atoms with E-state index in [0.717, 1.165) is 49.6 Å². The summed E-state index contributed by atoms with van der Waals surface area (Å²) in [4.78, 5) is 14.5. The topological polar surface area (TPSA) is 59.4 Å². The van der Waals surface area contributed by atoms with Crippen molar-refractivity contribution in [3.63, 3.8) is 0 Å². The minimum atomic E-state index is -0.0148. The van der Waals surface area contributed by atoms with Crippen LogP contribution in [-0.2, 0) is 0 Å².